The Morgan fingerprint density at radius 2 is 1.50 bits per heavy atom. The monoisotopic (exact) mass is 298 g/mol. The molecule has 0 aliphatic rings. The van der Waals surface area contributed by atoms with E-state index in [1.54, 1.807) is 0 Å². The summed E-state index contributed by atoms with van der Waals surface area (Å²) in [5.41, 5.74) is 0. The largest absolute Gasteiger partial charge is 0.0973 e. The van der Waals surface area contributed by atoms with Gasteiger partial charge in [-0.05, 0) is 18.9 Å². The van der Waals surface area contributed by atoms with Crippen LogP contribution in [0.25, 0.3) is 0 Å². The summed E-state index contributed by atoms with van der Waals surface area (Å²) in [7, 11) is 7.93. The van der Waals surface area contributed by atoms with Gasteiger partial charge in [-0.25, -0.2) is 0 Å². The van der Waals surface area contributed by atoms with E-state index in [0.29, 0.717) is 0 Å². The van der Waals surface area contributed by atoms with Gasteiger partial charge in [0.2, 0.25) is 0 Å². The summed E-state index contributed by atoms with van der Waals surface area (Å²) in [6, 6.07) is 0. The molecule has 0 aromatic rings. The van der Waals surface area contributed by atoms with Crippen molar-refractivity contribution in [1.29, 1.82) is 0 Å². The number of rotatable bonds is 11. The maximum atomic E-state index is 2.38. The molecule has 2 atom stereocenters. The van der Waals surface area contributed by atoms with Crippen molar-refractivity contribution in [3.63, 3.8) is 0 Å². The lowest BCUT2D eigenvalue weighted by atomic mass is 10.1. The molecule has 0 saturated heterocycles. The third kappa shape index (κ3) is 9.43. The van der Waals surface area contributed by atoms with Gasteiger partial charge in [-0.1, -0.05) is 89.1 Å². The van der Waals surface area contributed by atoms with Gasteiger partial charge in [0.1, 0.15) is 0 Å². The molecule has 98 valence electrons. The standard InChI is InChI=1S/C12H26S4/c1-5-6-7-8-9-10-12(16-14-4)11(2)15-13-3/h11-12H,5-10H2,1-4H3. The average molecular weight is 299 g/mol. The fourth-order valence-electron chi connectivity index (χ4n) is 1.65. The minimum absolute atomic E-state index is 0.777. The molecule has 0 heterocycles. The Labute approximate surface area is 118 Å². The summed E-state index contributed by atoms with van der Waals surface area (Å²) < 4.78 is 0. The van der Waals surface area contributed by atoms with Crippen LogP contribution >= 0.6 is 43.2 Å². The molecule has 0 N–H and O–H groups in total. The summed E-state index contributed by atoms with van der Waals surface area (Å²) in [6.45, 7) is 4.66. The fraction of sp³-hybridized carbons (Fsp3) is 1.00. The summed E-state index contributed by atoms with van der Waals surface area (Å²) in [5, 5.41) is 1.60. The van der Waals surface area contributed by atoms with Crippen molar-refractivity contribution in [3.8, 4) is 0 Å². The van der Waals surface area contributed by atoms with E-state index in [1.807, 2.05) is 32.4 Å². The van der Waals surface area contributed by atoms with Gasteiger partial charge in [-0.15, -0.1) is 0 Å². The zero-order chi connectivity index (χ0) is 12.2. The van der Waals surface area contributed by atoms with Crippen molar-refractivity contribution in [2.75, 3.05) is 12.5 Å². The first kappa shape index (κ1) is 17.4. The van der Waals surface area contributed by atoms with Crippen LogP contribution in [0.15, 0.2) is 0 Å². The Bertz CT molecular complexity index is 141. The first-order chi connectivity index (χ1) is 7.76. The van der Waals surface area contributed by atoms with Crippen molar-refractivity contribution in [3.05, 3.63) is 0 Å². The van der Waals surface area contributed by atoms with E-state index in [9.17, 15) is 0 Å². The van der Waals surface area contributed by atoms with E-state index in [2.05, 4.69) is 37.2 Å². The van der Waals surface area contributed by atoms with Crippen molar-refractivity contribution in [1.82, 2.24) is 0 Å². The Balaban J connectivity index is 3.66. The van der Waals surface area contributed by atoms with Crippen LogP contribution in [0, 0.1) is 0 Å². The van der Waals surface area contributed by atoms with Crippen LogP contribution in [0.1, 0.15) is 52.4 Å². The lowest BCUT2D eigenvalue weighted by molar-refractivity contribution is 0.596. The molecule has 0 aliphatic carbocycles. The Morgan fingerprint density at radius 3 is 2.06 bits per heavy atom. The summed E-state index contributed by atoms with van der Waals surface area (Å²) in [5.74, 6) is 0. The number of hydrogen-bond donors (Lipinski definition) is 0. The molecule has 0 amide bonds. The maximum Gasteiger partial charge on any atom is 0.0276 e. The minimum Gasteiger partial charge on any atom is -0.0973 e. The van der Waals surface area contributed by atoms with E-state index in [0.717, 1.165) is 10.5 Å². The first-order valence-electron chi connectivity index (χ1n) is 6.15. The molecule has 0 fully saturated rings. The third-order valence-corrected chi connectivity index (χ3v) is 7.47. The van der Waals surface area contributed by atoms with Crippen LogP contribution in [-0.2, 0) is 0 Å². The number of hydrogen-bond acceptors (Lipinski definition) is 4. The second kappa shape index (κ2) is 12.8. The molecule has 0 rings (SSSR count). The second-order valence-electron chi connectivity index (χ2n) is 3.97. The third-order valence-electron chi connectivity index (χ3n) is 2.58. The van der Waals surface area contributed by atoms with Gasteiger partial charge in [-0.3, -0.25) is 0 Å². The smallest absolute Gasteiger partial charge is 0.0276 e. The zero-order valence-corrected chi connectivity index (χ0v) is 14.3. The molecule has 0 saturated carbocycles. The molecule has 0 nitrogen and oxygen atoms in total. The van der Waals surface area contributed by atoms with E-state index in [-0.39, 0.29) is 0 Å². The highest BCUT2D eigenvalue weighted by Crippen LogP contribution is 2.38. The van der Waals surface area contributed by atoms with Crippen molar-refractivity contribution >= 4 is 43.2 Å². The van der Waals surface area contributed by atoms with Crippen molar-refractivity contribution < 1.29 is 0 Å². The highest BCUT2D eigenvalue weighted by Gasteiger charge is 2.17. The van der Waals surface area contributed by atoms with Gasteiger partial charge in [-0.2, -0.15) is 0 Å². The highest BCUT2D eigenvalue weighted by atomic mass is 33.1. The van der Waals surface area contributed by atoms with Crippen LogP contribution in [0.5, 0.6) is 0 Å². The molecule has 0 aromatic heterocycles. The van der Waals surface area contributed by atoms with Gasteiger partial charge in [0.25, 0.3) is 0 Å². The van der Waals surface area contributed by atoms with Crippen molar-refractivity contribution in [2.45, 2.75) is 62.9 Å². The van der Waals surface area contributed by atoms with Crippen LogP contribution in [0.3, 0.4) is 0 Å². The van der Waals surface area contributed by atoms with E-state index >= 15 is 0 Å². The van der Waals surface area contributed by atoms with Gasteiger partial charge in [0.15, 0.2) is 0 Å². The summed E-state index contributed by atoms with van der Waals surface area (Å²) in [4.78, 5) is 0. The van der Waals surface area contributed by atoms with Crippen LogP contribution in [-0.4, -0.2) is 23.0 Å². The van der Waals surface area contributed by atoms with Crippen molar-refractivity contribution in [2.24, 2.45) is 0 Å². The zero-order valence-electron chi connectivity index (χ0n) is 11.0. The molecule has 0 spiro atoms. The predicted molar refractivity (Wildman–Crippen MR) is 88.8 cm³/mol. The first-order valence-corrected chi connectivity index (χ1v) is 11.4. The van der Waals surface area contributed by atoms with Crippen LogP contribution in [0.4, 0.5) is 0 Å². The Hall–Kier alpha value is 1.40. The Morgan fingerprint density at radius 1 is 0.875 bits per heavy atom. The highest BCUT2D eigenvalue weighted by molar-refractivity contribution is 8.78. The van der Waals surface area contributed by atoms with Gasteiger partial charge >= 0.3 is 0 Å². The molecule has 0 bridgehead atoms. The molecule has 16 heavy (non-hydrogen) atoms. The van der Waals surface area contributed by atoms with Crippen LogP contribution in [0.2, 0.25) is 0 Å². The summed E-state index contributed by atoms with van der Waals surface area (Å²) in [6.07, 6.45) is 12.8. The van der Waals surface area contributed by atoms with E-state index in [4.69, 9.17) is 0 Å². The fourth-order valence-corrected chi connectivity index (χ4v) is 6.48. The molecule has 4 heteroatoms. The SMILES string of the molecule is CCCCCCCC(SSC)C(C)SSC. The normalized spacial score (nSPS) is 15.0. The molecule has 0 aliphatic heterocycles. The molecular formula is C12H26S4. The lowest BCUT2D eigenvalue weighted by Crippen LogP contribution is -2.14. The van der Waals surface area contributed by atoms with E-state index < -0.39 is 0 Å². The summed E-state index contributed by atoms with van der Waals surface area (Å²) >= 11 is 0. The van der Waals surface area contributed by atoms with Gasteiger partial charge in [0, 0.05) is 10.5 Å². The van der Waals surface area contributed by atoms with Gasteiger partial charge < -0.3 is 0 Å². The topological polar surface area (TPSA) is 0 Å². The second-order valence-corrected chi connectivity index (χ2v) is 9.53. The van der Waals surface area contributed by atoms with Crippen LogP contribution < -0.4 is 0 Å². The Kier molecular flexibility index (Phi) is 14.0. The quantitative estimate of drug-likeness (QED) is 0.332. The molecule has 0 aromatic carbocycles. The maximum absolute atomic E-state index is 2.38. The molecular weight excluding hydrogens is 272 g/mol. The average Bonchev–Trinajstić information content (AvgIpc) is 2.27. The van der Waals surface area contributed by atoms with E-state index in [1.165, 1.54) is 38.5 Å². The lowest BCUT2D eigenvalue weighted by Gasteiger charge is -2.21. The van der Waals surface area contributed by atoms with Gasteiger partial charge in [0.05, 0.1) is 0 Å². The number of unbranched alkanes of at least 4 members (excludes halogenated alkanes) is 4. The predicted octanol–water partition coefficient (Wildman–Crippen LogP) is 6.13. The molecule has 0 radical (unpaired) electrons. The minimum atomic E-state index is 0.777. The molecule has 2 unspecified atom stereocenters.